The molecule has 0 saturated carbocycles. The van der Waals surface area contributed by atoms with Crippen LogP contribution in [-0.4, -0.2) is 29.4 Å². The van der Waals surface area contributed by atoms with Gasteiger partial charge in [0.15, 0.2) is 0 Å². The van der Waals surface area contributed by atoms with Gasteiger partial charge in [0.1, 0.15) is 6.04 Å². The molecule has 0 bridgehead atoms. The molecule has 1 aromatic rings. The molecule has 1 N–H and O–H groups in total. The summed E-state index contributed by atoms with van der Waals surface area (Å²) in [5, 5.41) is 2.55. The molecular weight excluding hydrogens is 206 g/mol. The van der Waals surface area contributed by atoms with Crippen LogP contribution in [-0.2, 0) is 9.59 Å². The Morgan fingerprint density at radius 3 is 2.94 bits per heavy atom. The topological polar surface area (TPSA) is 62.3 Å². The molecule has 0 radical (unpaired) electrons. The van der Waals surface area contributed by atoms with E-state index in [0.29, 0.717) is 5.69 Å². The molecule has 5 nitrogen and oxygen atoms in total. The van der Waals surface area contributed by atoms with E-state index in [1.165, 1.54) is 4.90 Å². The average Bonchev–Trinajstić information content (AvgIpc) is 2.27. The Labute approximate surface area is 93.5 Å². The Kier molecular flexibility index (Phi) is 2.60. The second-order valence-corrected chi connectivity index (χ2v) is 3.82. The molecule has 5 heteroatoms. The largest absolute Gasteiger partial charge is 0.345 e. The molecule has 2 rings (SSSR count). The fraction of sp³-hybridized carbons (Fsp3) is 0.364. The van der Waals surface area contributed by atoms with Crippen molar-refractivity contribution in [2.45, 2.75) is 19.9 Å². The Morgan fingerprint density at radius 1 is 1.50 bits per heavy atom. The molecule has 2 amide bonds. The van der Waals surface area contributed by atoms with Crippen molar-refractivity contribution >= 4 is 17.5 Å². The third kappa shape index (κ3) is 1.64. The van der Waals surface area contributed by atoms with Crippen LogP contribution in [0, 0.1) is 6.92 Å². The zero-order valence-corrected chi connectivity index (χ0v) is 9.23. The number of aromatic nitrogens is 1. The van der Waals surface area contributed by atoms with Gasteiger partial charge in [-0.2, -0.15) is 0 Å². The first-order chi connectivity index (χ1) is 7.61. The molecular formula is C11H13N3O2. The van der Waals surface area contributed by atoms with E-state index < -0.39 is 6.04 Å². The van der Waals surface area contributed by atoms with Crippen molar-refractivity contribution in [3.8, 4) is 0 Å². The fourth-order valence-corrected chi connectivity index (χ4v) is 1.78. The van der Waals surface area contributed by atoms with Crippen molar-refractivity contribution < 1.29 is 9.59 Å². The number of hydrogen-bond acceptors (Lipinski definition) is 3. The molecule has 1 aromatic heterocycles. The third-order valence-corrected chi connectivity index (χ3v) is 2.72. The number of carbonyl (C=O) groups is 2. The van der Waals surface area contributed by atoms with Gasteiger partial charge >= 0.3 is 0 Å². The predicted molar refractivity (Wildman–Crippen MR) is 58.9 cm³/mol. The monoisotopic (exact) mass is 219 g/mol. The van der Waals surface area contributed by atoms with Crippen molar-refractivity contribution in [1.82, 2.24) is 10.3 Å². The van der Waals surface area contributed by atoms with Crippen molar-refractivity contribution in [3.63, 3.8) is 0 Å². The van der Waals surface area contributed by atoms with Gasteiger partial charge in [-0.25, -0.2) is 0 Å². The van der Waals surface area contributed by atoms with E-state index in [1.807, 2.05) is 13.0 Å². The second-order valence-electron chi connectivity index (χ2n) is 3.82. The predicted octanol–water partition coefficient (Wildman–Crippen LogP) is 0.241. The Balaban J connectivity index is 2.41. The lowest BCUT2D eigenvalue weighted by Crippen LogP contribution is -2.57. The van der Waals surface area contributed by atoms with Crippen LogP contribution in [0.15, 0.2) is 18.5 Å². The molecule has 1 saturated heterocycles. The van der Waals surface area contributed by atoms with Crippen LogP contribution in [0.3, 0.4) is 0 Å². The standard InChI is InChI=1S/C11H13N3O2/c1-7-3-4-12-5-9(7)14-8(2)11(16)13-6-10(14)15/h3-5,8H,6H2,1-2H3,(H,13,16). The Bertz CT molecular complexity index is 445. The van der Waals surface area contributed by atoms with Gasteiger partial charge in [-0.05, 0) is 25.5 Å². The maximum absolute atomic E-state index is 11.8. The quantitative estimate of drug-likeness (QED) is 0.736. The van der Waals surface area contributed by atoms with E-state index in [2.05, 4.69) is 10.3 Å². The van der Waals surface area contributed by atoms with Gasteiger partial charge in [0, 0.05) is 6.20 Å². The van der Waals surface area contributed by atoms with Crippen molar-refractivity contribution in [3.05, 3.63) is 24.0 Å². The Hall–Kier alpha value is -1.91. The number of piperazine rings is 1. The first-order valence-corrected chi connectivity index (χ1v) is 5.11. The molecule has 2 heterocycles. The van der Waals surface area contributed by atoms with Gasteiger partial charge in [-0.15, -0.1) is 0 Å². The SMILES string of the molecule is Cc1ccncc1N1C(=O)CNC(=O)C1C. The van der Waals surface area contributed by atoms with Crippen LogP contribution in [0.25, 0.3) is 0 Å². The molecule has 1 fully saturated rings. The molecule has 0 aromatic carbocycles. The summed E-state index contributed by atoms with van der Waals surface area (Å²) in [5.41, 5.74) is 1.64. The normalized spacial score (nSPS) is 20.9. The smallest absolute Gasteiger partial charge is 0.247 e. The molecule has 1 aliphatic rings. The summed E-state index contributed by atoms with van der Waals surface area (Å²) >= 11 is 0. The molecule has 16 heavy (non-hydrogen) atoms. The number of nitrogens with one attached hydrogen (secondary N) is 1. The van der Waals surface area contributed by atoms with Crippen LogP contribution < -0.4 is 10.2 Å². The van der Waals surface area contributed by atoms with Crippen LogP contribution >= 0.6 is 0 Å². The minimum absolute atomic E-state index is 0.0531. The molecule has 84 valence electrons. The van der Waals surface area contributed by atoms with Crippen molar-refractivity contribution in [2.75, 3.05) is 11.4 Å². The average molecular weight is 219 g/mol. The van der Waals surface area contributed by atoms with Crippen LogP contribution in [0.2, 0.25) is 0 Å². The van der Waals surface area contributed by atoms with E-state index in [4.69, 9.17) is 0 Å². The van der Waals surface area contributed by atoms with E-state index in [9.17, 15) is 9.59 Å². The molecule has 0 spiro atoms. The van der Waals surface area contributed by atoms with Crippen LogP contribution in [0.4, 0.5) is 5.69 Å². The van der Waals surface area contributed by atoms with E-state index >= 15 is 0 Å². The lowest BCUT2D eigenvalue weighted by molar-refractivity contribution is -0.130. The summed E-state index contributed by atoms with van der Waals surface area (Å²) in [6.45, 7) is 3.65. The number of anilines is 1. The number of hydrogen-bond donors (Lipinski definition) is 1. The lowest BCUT2D eigenvalue weighted by atomic mass is 10.1. The zero-order valence-electron chi connectivity index (χ0n) is 9.23. The summed E-state index contributed by atoms with van der Waals surface area (Å²) in [6.07, 6.45) is 3.28. The zero-order chi connectivity index (χ0) is 11.7. The number of pyridine rings is 1. The molecule has 0 aliphatic carbocycles. The van der Waals surface area contributed by atoms with Gasteiger partial charge < -0.3 is 5.32 Å². The highest BCUT2D eigenvalue weighted by Gasteiger charge is 2.32. The first-order valence-electron chi connectivity index (χ1n) is 5.11. The van der Waals surface area contributed by atoms with E-state index in [-0.39, 0.29) is 18.4 Å². The minimum atomic E-state index is -0.482. The maximum atomic E-state index is 11.8. The van der Waals surface area contributed by atoms with Gasteiger partial charge in [0.25, 0.3) is 0 Å². The highest BCUT2D eigenvalue weighted by molar-refractivity contribution is 6.06. The highest BCUT2D eigenvalue weighted by atomic mass is 16.2. The molecule has 1 atom stereocenters. The van der Waals surface area contributed by atoms with E-state index in [0.717, 1.165) is 5.56 Å². The third-order valence-electron chi connectivity index (χ3n) is 2.72. The van der Waals surface area contributed by atoms with Gasteiger partial charge in [-0.3, -0.25) is 19.5 Å². The number of amides is 2. The van der Waals surface area contributed by atoms with Crippen molar-refractivity contribution in [2.24, 2.45) is 0 Å². The molecule has 1 aliphatic heterocycles. The fourth-order valence-electron chi connectivity index (χ4n) is 1.78. The van der Waals surface area contributed by atoms with Gasteiger partial charge in [0.2, 0.25) is 11.8 Å². The summed E-state index contributed by atoms with van der Waals surface area (Å²) in [4.78, 5) is 28.8. The van der Waals surface area contributed by atoms with Crippen molar-refractivity contribution in [1.29, 1.82) is 0 Å². The summed E-state index contributed by atoms with van der Waals surface area (Å²) in [7, 11) is 0. The van der Waals surface area contributed by atoms with Gasteiger partial charge in [0.05, 0.1) is 18.4 Å². The summed E-state index contributed by atoms with van der Waals surface area (Å²) in [5.74, 6) is -0.244. The van der Waals surface area contributed by atoms with Gasteiger partial charge in [-0.1, -0.05) is 0 Å². The first kappa shape index (κ1) is 10.6. The highest BCUT2D eigenvalue weighted by Crippen LogP contribution is 2.22. The molecule has 1 unspecified atom stereocenters. The second kappa shape index (κ2) is 3.92. The summed E-state index contributed by atoms with van der Waals surface area (Å²) in [6, 6.07) is 1.34. The lowest BCUT2D eigenvalue weighted by Gasteiger charge is -2.33. The van der Waals surface area contributed by atoms with E-state index in [1.54, 1.807) is 19.3 Å². The van der Waals surface area contributed by atoms with Crippen LogP contribution in [0.1, 0.15) is 12.5 Å². The number of rotatable bonds is 1. The Morgan fingerprint density at radius 2 is 2.25 bits per heavy atom. The number of aryl methyl sites for hydroxylation is 1. The number of carbonyl (C=O) groups excluding carboxylic acids is 2. The number of nitrogens with zero attached hydrogens (tertiary/aromatic N) is 2. The minimum Gasteiger partial charge on any atom is -0.345 e. The van der Waals surface area contributed by atoms with Crippen LogP contribution in [0.5, 0.6) is 0 Å². The summed E-state index contributed by atoms with van der Waals surface area (Å²) < 4.78 is 0. The maximum Gasteiger partial charge on any atom is 0.247 e.